The maximum absolute atomic E-state index is 12.0. The first-order valence-electron chi connectivity index (χ1n) is 8.88. The summed E-state index contributed by atoms with van der Waals surface area (Å²) in [5.74, 6) is 0.543. The second-order valence-electron chi connectivity index (χ2n) is 6.73. The van der Waals surface area contributed by atoms with Crippen molar-refractivity contribution in [3.05, 3.63) is 64.7 Å². The third-order valence-corrected chi connectivity index (χ3v) is 4.37. The van der Waals surface area contributed by atoms with E-state index in [1.54, 1.807) is 12.1 Å². The molecule has 136 valence electrons. The molecule has 0 saturated heterocycles. The molecule has 0 heterocycles. The third-order valence-electron chi connectivity index (χ3n) is 4.37. The molecule has 2 amide bonds. The number of hydrogen-bond acceptors (Lipinski definition) is 3. The summed E-state index contributed by atoms with van der Waals surface area (Å²) in [7, 11) is 0. The van der Waals surface area contributed by atoms with Gasteiger partial charge in [0.2, 0.25) is 0 Å². The monoisotopic (exact) mass is 352 g/mol. The largest absolute Gasteiger partial charge is 0.483 e. The molecule has 1 fully saturated rings. The van der Waals surface area contributed by atoms with Gasteiger partial charge >= 0.3 is 0 Å². The number of ether oxygens (including phenoxy) is 1. The van der Waals surface area contributed by atoms with Crippen molar-refractivity contribution in [3.8, 4) is 5.75 Å². The van der Waals surface area contributed by atoms with Crippen molar-refractivity contribution in [1.82, 2.24) is 10.6 Å². The second-order valence-corrected chi connectivity index (χ2v) is 6.73. The fourth-order valence-electron chi connectivity index (χ4n) is 2.69. The van der Waals surface area contributed by atoms with E-state index < -0.39 is 0 Å². The zero-order valence-corrected chi connectivity index (χ0v) is 15.2. The Bertz CT molecular complexity index is 775. The van der Waals surface area contributed by atoms with Crippen molar-refractivity contribution in [1.29, 1.82) is 0 Å². The third kappa shape index (κ3) is 4.85. The normalized spacial score (nSPS) is 13.2. The van der Waals surface area contributed by atoms with Gasteiger partial charge in [-0.25, -0.2) is 0 Å². The molecule has 26 heavy (non-hydrogen) atoms. The molecule has 5 nitrogen and oxygen atoms in total. The summed E-state index contributed by atoms with van der Waals surface area (Å²) in [6, 6.07) is 13.5. The number of para-hydroxylation sites is 1. The quantitative estimate of drug-likeness (QED) is 0.805. The maximum Gasteiger partial charge on any atom is 0.258 e. The van der Waals surface area contributed by atoms with Gasteiger partial charge in [0.05, 0.1) is 0 Å². The lowest BCUT2D eigenvalue weighted by atomic mass is 10.1. The summed E-state index contributed by atoms with van der Waals surface area (Å²) in [5, 5.41) is 5.79. The number of hydrogen-bond donors (Lipinski definition) is 2. The van der Waals surface area contributed by atoms with Crippen LogP contribution in [0.5, 0.6) is 5.75 Å². The predicted octanol–water partition coefficient (Wildman–Crippen LogP) is 2.89. The van der Waals surface area contributed by atoms with Gasteiger partial charge < -0.3 is 15.4 Å². The average Bonchev–Trinajstić information content (AvgIpc) is 3.44. The van der Waals surface area contributed by atoms with Crippen LogP contribution in [0.15, 0.2) is 42.5 Å². The van der Waals surface area contributed by atoms with Crippen LogP contribution in [0.2, 0.25) is 0 Å². The van der Waals surface area contributed by atoms with Gasteiger partial charge in [-0.15, -0.1) is 0 Å². The highest BCUT2D eigenvalue weighted by Crippen LogP contribution is 2.22. The average molecular weight is 352 g/mol. The van der Waals surface area contributed by atoms with Crippen LogP contribution < -0.4 is 15.4 Å². The first-order chi connectivity index (χ1) is 12.5. The Morgan fingerprint density at radius 3 is 2.31 bits per heavy atom. The number of nitrogens with one attached hydrogen (secondary N) is 2. The van der Waals surface area contributed by atoms with Gasteiger partial charge in [0.15, 0.2) is 6.61 Å². The highest BCUT2D eigenvalue weighted by atomic mass is 16.5. The molecule has 1 saturated carbocycles. The molecular formula is C21H24N2O3. The highest BCUT2D eigenvalue weighted by molar-refractivity contribution is 5.94. The molecule has 0 bridgehead atoms. The van der Waals surface area contributed by atoms with Crippen LogP contribution in [-0.2, 0) is 11.3 Å². The maximum atomic E-state index is 12.0. The van der Waals surface area contributed by atoms with Crippen LogP contribution in [-0.4, -0.2) is 24.5 Å². The van der Waals surface area contributed by atoms with E-state index in [2.05, 4.69) is 10.6 Å². The lowest BCUT2D eigenvalue weighted by Gasteiger charge is -2.12. The van der Waals surface area contributed by atoms with E-state index in [4.69, 9.17) is 4.74 Å². The Hall–Kier alpha value is -2.82. The van der Waals surface area contributed by atoms with Crippen molar-refractivity contribution in [2.45, 2.75) is 39.3 Å². The molecule has 0 aliphatic heterocycles. The van der Waals surface area contributed by atoms with Crippen molar-refractivity contribution in [3.63, 3.8) is 0 Å². The number of carbonyl (C=O) groups is 2. The summed E-state index contributed by atoms with van der Waals surface area (Å²) < 4.78 is 5.65. The van der Waals surface area contributed by atoms with Crippen LogP contribution in [0.25, 0.3) is 0 Å². The molecular weight excluding hydrogens is 328 g/mol. The van der Waals surface area contributed by atoms with Crippen LogP contribution in [0.4, 0.5) is 0 Å². The lowest BCUT2D eigenvalue weighted by molar-refractivity contribution is -0.123. The van der Waals surface area contributed by atoms with E-state index >= 15 is 0 Å². The highest BCUT2D eigenvalue weighted by Gasteiger charge is 2.23. The van der Waals surface area contributed by atoms with Crippen molar-refractivity contribution in [2.24, 2.45) is 0 Å². The van der Waals surface area contributed by atoms with Crippen molar-refractivity contribution < 1.29 is 14.3 Å². The van der Waals surface area contributed by atoms with Crippen LogP contribution in [0.1, 0.15) is 39.9 Å². The van der Waals surface area contributed by atoms with Gasteiger partial charge in [0.25, 0.3) is 11.8 Å². The Kier molecular flexibility index (Phi) is 5.56. The van der Waals surface area contributed by atoms with Crippen molar-refractivity contribution in [2.75, 3.05) is 6.61 Å². The zero-order chi connectivity index (χ0) is 18.5. The van der Waals surface area contributed by atoms with E-state index in [-0.39, 0.29) is 18.4 Å². The molecule has 0 spiro atoms. The standard InChI is InChI=1S/C21H24N2O3/c1-14-4-3-5-15(2)20(14)26-13-19(24)22-12-16-6-8-17(9-7-16)21(25)23-18-10-11-18/h3-9,18H,10-13H2,1-2H3,(H,22,24)(H,23,25). The smallest absolute Gasteiger partial charge is 0.258 e. The van der Waals surface area contributed by atoms with E-state index in [1.807, 2.05) is 44.2 Å². The second kappa shape index (κ2) is 8.04. The SMILES string of the molecule is Cc1cccc(C)c1OCC(=O)NCc1ccc(C(=O)NC2CC2)cc1. The Balaban J connectivity index is 1.46. The minimum Gasteiger partial charge on any atom is -0.483 e. The van der Waals surface area contributed by atoms with E-state index in [0.29, 0.717) is 18.2 Å². The van der Waals surface area contributed by atoms with Gasteiger partial charge in [0.1, 0.15) is 5.75 Å². The molecule has 1 aliphatic carbocycles. The predicted molar refractivity (Wildman–Crippen MR) is 100 cm³/mol. The summed E-state index contributed by atoms with van der Waals surface area (Å²) >= 11 is 0. The number of carbonyl (C=O) groups excluding carboxylic acids is 2. The molecule has 2 aromatic rings. The number of benzene rings is 2. The summed E-state index contributed by atoms with van der Waals surface area (Å²) in [5.41, 5.74) is 3.61. The molecule has 0 radical (unpaired) electrons. The summed E-state index contributed by atoms with van der Waals surface area (Å²) in [6.07, 6.45) is 2.14. The zero-order valence-electron chi connectivity index (χ0n) is 15.2. The molecule has 0 atom stereocenters. The molecule has 1 aliphatic rings. The number of aryl methyl sites for hydroxylation is 2. The van der Waals surface area contributed by atoms with Crippen LogP contribution in [0.3, 0.4) is 0 Å². The van der Waals surface area contributed by atoms with E-state index in [1.165, 1.54) is 0 Å². The fourth-order valence-corrected chi connectivity index (χ4v) is 2.69. The molecule has 2 aromatic carbocycles. The fraction of sp³-hybridized carbons (Fsp3) is 0.333. The molecule has 0 unspecified atom stereocenters. The van der Waals surface area contributed by atoms with E-state index in [0.717, 1.165) is 35.3 Å². The molecule has 3 rings (SSSR count). The van der Waals surface area contributed by atoms with Gasteiger partial charge in [0, 0.05) is 18.2 Å². The van der Waals surface area contributed by atoms with Gasteiger partial charge in [-0.1, -0.05) is 30.3 Å². The minimum atomic E-state index is -0.178. The Morgan fingerprint density at radius 1 is 1.04 bits per heavy atom. The van der Waals surface area contributed by atoms with Gasteiger partial charge in [-0.2, -0.15) is 0 Å². The Labute approximate surface area is 153 Å². The first kappa shape index (κ1) is 18.0. The number of amides is 2. The summed E-state index contributed by atoms with van der Waals surface area (Å²) in [4.78, 5) is 24.0. The van der Waals surface area contributed by atoms with Gasteiger partial charge in [-0.05, 0) is 55.5 Å². The first-order valence-corrected chi connectivity index (χ1v) is 8.88. The van der Waals surface area contributed by atoms with E-state index in [9.17, 15) is 9.59 Å². The van der Waals surface area contributed by atoms with Crippen LogP contribution in [0, 0.1) is 13.8 Å². The summed E-state index contributed by atoms with van der Waals surface area (Å²) in [6.45, 7) is 4.30. The molecule has 2 N–H and O–H groups in total. The lowest BCUT2D eigenvalue weighted by Crippen LogP contribution is -2.28. The van der Waals surface area contributed by atoms with Crippen molar-refractivity contribution >= 4 is 11.8 Å². The topological polar surface area (TPSA) is 67.4 Å². The molecule has 0 aromatic heterocycles. The number of rotatable bonds is 7. The molecule has 5 heteroatoms. The Morgan fingerprint density at radius 2 is 1.69 bits per heavy atom. The minimum absolute atomic E-state index is 0.0203. The van der Waals surface area contributed by atoms with Crippen LogP contribution >= 0.6 is 0 Å². The van der Waals surface area contributed by atoms with Gasteiger partial charge in [-0.3, -0.25) is 9.59 Å².